The minimum Gasteiger partial charge on any atom is -0.497 e. The summed E-state index contributed by atoms with van der Waals surface area (Å²) in [5.41, 5.74) is 0.951. The Morgan fingerprint density at radius 3 is 1.67 bits per heavy atom. The third kappa shape index (κ3) is 4.25. The van der Waals surface area contributed by atoms with E-state index in [4.69, 9.17) is 9.47 Å². The van der Waals surface area contributed by atoms with Gasteiger partial charge >= 0.3 is 5.69 Å². The number of ether oxygens (including phenoxy) is 2. The predicted molar refractivity (Wildman–Crippen MR) is 106 cm³/mol. The first kappa shape index (κ1) is 18.8. The van der Waals surface area contributed by atoms with Gasteiger partial charge in [-0.2, -0.15) is 0 Å². The molecule has 0 radical (unpaired) electrons. The van der Waals surface area contributed by atoms with E-state index in [1.165, 1.54) is 15.2 Å². The van der Waals surface area contributed by atoms with Gasteiger partial charge in [0.05, 0.1) is 32.3 Å². The van der Waals surface area contributed by atoms with E-state index in [2.05, 4.69) is 12.6 Å². The highest BCUT2D eigenvalue weighted by molar-refractivity contribution is 7.80. The summed E-state index contributed by atoms with van der Waals surface area (Å²) in [4.78, 5) is 25.2. The zero-order chi connectivity index (χ0) is 19.4. The molecule has 0 N–H and O–H groups in total. The van der Waals surface area contributed by atoms with Crippen LogP contribution in [-0.2, 0) is 13.1 Å². The van der Waals surface area contributed by atoms with Gasteiger partial charge in [-0.1, -0.05) is 24.3 Å². The van der Waals surface area contributed by atoms with Crippen molar-refractivity contribution >= 4 is 12.6 Å². The molecule has 1 aromatic heterocycles. The molecule has 0 spiro atoms. The van der Waals surface area contributed by atoms with Crippen molar-refractivity contribution in [3.8, 4) is 11.5 Å². The highest BCUT2D eigenvalue weighted by atomic mass is 32.1. The van der Waals surface area contributed by atoms with Gasteiger partial charge in [-0.3, -0.25) is 13.9 Å². The monoisotopic (exact) mass is 384 g/mol. The van der Waals surface area contributed by atoms with Crippen molar-refractivity contribution in [1.82, 2.24) is 9.13 Å². The molecule has 3 aromatic rings. The predicted octanol–water partition coefficient (Wildman–Crippen LogP) is 2.41. The Morgan fingerprint density at radius 2 is 1.22 bits per heavy atom. The number of benzene rings is 2. The van der Waals surface area contributed by atoms with E-state index in [1.807, 2.05) is 36.4 Å². The Kier molecular flexibility index (Phi) is 5.71. The fourth-order valence-corrected chi connectivity index (χ4v) is 2.99. The van der Waals surface area contributed by atoms with Gasteiger partial charge in [0.15, 0.2) is 0 Å². The van der Waals surface area contributed by atoms with E-state index < -0.39 is 5.69 Å². The summed E-state index contributed by atoms with van der Waals surface area (Å²) in [6.07, 6.45) is 0. The molecule has 6 nitrogen and oxygen atoms in total. The molecule has 0 bridgehead atoms. The molecule has 0 unspecified atom stereocenters. The van der Waals surface area contributed by atoms with Crippen LogP contribution < -0.4 is 20.7 Å². The summed E-state index contributed by atoms with van der Waals surface area (Å²) >= 11 is 4.31. The molecule has 0 saturated carbocycles. The summed E-state index contributed by atoms with van der Waals surface area (Å²) in [7, 11) is 3.18. The van der Waals surface area contributed by atoms with Gasteiger partial charge in [0.2, 0.25) is 0 Å². The standard InChI is InChI=1S/C20H20N2O4S/c1-25-16-7-3-14(4-8-16)12-21-18(23)11-19(27)22(20(21)24)13-15-5-9-17(26-2)10-6-15/h3-11,27H,12-13H2,1-2H3. The van der Waals surface area contributed by atoms with E-state index in [-0.39, 0.29) is 12.1 Å². The molecule has 0 aliphatic rings. The third-order valence-corrected chi connectivity index (χ3v) is 4.63. The summed E-state index contributed by atoms with van der Waals surface area (Å²) < 4.78 is 12.9. The minimum atomic E-state index is -0.404. The average molecular weight is 384 g/mol. The van der Waals surface area contributed by atoms with Crippen LogP contribution in [-0.4, -0.2) is 23.4 Å². The van der Waals surface area contributed by atoms with Crippen LogP contribution in [0.2, 0.25) is 0 Å². The number of methoxy groups -OCH3 is 2. The van der Waals surface area contributed by atoms with Crippen LogP contribution in [0.5, 0.6) is 11.5 Å². The highest BCUT2D eigenvalue weighted by Gasteiger charge is 2.11. The number of aromatic nitrogens is 2. The normalized spacial score (nSPS) is 10.6. The molecule has 7 heteroatoms. The van der Waals surface area contributed by atoms with Gasteiger partial charge in [0, 0.05) is 6.07 Å². The molecular formula is C20H20N2O4S. The lowest BCUT2D eigenvalue weighted by atomic mass is 10.2. The van der Waals surface area contributed by atoms with Crippen LogP contribution in [0.4, 0.5) is 0 Å². The largest absolute Gasteiger partial charge is 0.497 e. The van der Waals surface area contributed by atoms with Crippen LogP contribution in [0.15, 0.2) is 69.2 Å². The van der Waals surface area contributed by atoms with Crippen molar-refractivity contribution in [2.45, 2.75) is 18.1 Å². The van der Waals surface area contributed by atoms with Gasteiger partial charge in [0.25, 0.3) is 5.56 Å². The fraction of sp³-hybridized carbons (Fsp3) is 0.200. The summed E-state index contributed by atoms with van der Waals surface area (Å²) in [6, 6.07) is 16.0. The number of thiol groups is 1. The molecule has 27 heavy (non-hydrogen) atoms. The summed E-state index contributed by atoms with van der Waals surface area (Å²) in [5, 5.41) is 0.326. The molecular weight excluding hydrogens is 364 g/mol. The smallest absolute Gasteiger partial charge is 0.332 e. The van der Waals surface area contributed by atoms with Gasteiger partial charge in [0.1, 0.15) is 11.5 Å². The van der Waals surface area contributed by atoms with Crippen LogP contribution in [0, 0.1) is 0 Å². The Hall–Kier alpha value is -2.93. The Bertz CT molecular complexity index is 1040. The minimum absolute atomic E-state index is 0.179. The second-order valence-corrected chi connectivity index (χ2v) is 6.45. The maximum atomic E-state index is 12.9. The molecule has 0 amide bonds. The third-order valence-electron chi connectivity index (χ3n) is 4.26. The Morgan fingerprint density at radius 1 is 0.778 bits per heavy atom. The lowest BCUT2D eigenvalue weighted by Gasteiger charge is -2.13. The number of hydrogen-bond acceptors (Lipinski definition) is 5. The summed E-state index contributed by atoms with van der Waals surface area (Å²) in [6.45, 7) is 0.489. The number of hydrogen-bond donors (Lipinski definition) is 1. The van der Waals surface area contributed by atoms with Crippen LogP contribution in [0.25, 0.3) is 0 Å². The van der Waals surface area contributed by atoms with Crippen LogP contribution in [0.1, 0.15) is 11.1 Å². The molecule has 3 rings (SSSR count). The lowest BCUT2D eigenvalue weighted by molar-refractivity contribution is 0.414. The first-order valence-electron chi connectivity index (χ1n) is 8.31. The van der Waals surface area contributed by atoms with E-state index in [0.717, 1.165) is 16.9 Å². The maximum Gasteiger partial charge on any atom is 0.332 e. The van der Waals surface area contributed by atoms with E-state index in [0.29, 0.717) is 17.3 Å². The second-order valence-electron chi connectivity index (χ2n) is 5.99. The lowest BCUT2D eigenvalue weighted by Crippen LogP contribution is -2.40. The van der Waals surface area contributed by atoms with Crippen molar-refractivity contribution in [3.63, 3.8) is 0 Å². The zero-order valence-electron chi connectivity index (χ0n) is 15.1. The maximum absolute atomic E-state index is 12.9. The van der Waals surface area contributed by atoms with Crippen molar-refractivity contribution in [3.05, 3.63) is 86.6 Å². The topological polar surface area (TPSA) is 62.5 Å². The molecule has 0 aliphatic heterocycles. The molecule has 2 aromatic carbocycles. The first-order valence-corrected chi connectivity index (χ1v) is 8.76. The van der Waals surface area contributed by atoms with Gasteiger partial charge in [-0.15, -0.1) is 12.6 Å². The Labute approximate surface area is 162 Å². The zero-order valence-corrected chi connectivity index (χ0v) is 16.0. The van der Waals surface area contributed by atoms with E-state index in [9.17, 15) is 9.59 Å². The van der Waals surface area contributed by atoms with Crippen molar-refractivity contribution < 1.29 is 9.47 Å². The number of nitrogens with zero attached hydrogens (tertiary/aromatic N) is 2. The Balaban J connectivity index is 1.94. The van der Waals surface area contributed by atoms with Crippen molar-refractivity contribution in [2.75, 3.05) is 14.2 Å². The van der Waals surface area contributed by atoms with Crippen molar-refractivity contribution in [1.29, 1.82) is 0 Å². The van der Waals surface area contributed by atoms with Crippen LogP contribution in [0.3, 0.4) is 0 Å². The molecule has 140 valence electrons. The SMILES string of the molecule is COc1ccc(Cn2c(S)cc(=O)n(Cc3ccc(OC)cc3)c2=O)cc1. The highest BCUT2D eigenvalue weighted by Crippen LogP contribution is 2.14. The molecule has 0 saturated heterocycles. The molecule has 0 fully saturated rings. The number of rotatable bonds is 6. The van der Waals surface area contributed by atoms with Crippen molar-refractivity contribution in [2.24, 2.45) is 0 Å². The molecule has 0 aliphatic carbocycles. The van der Waals surface area contributed by atoms with E-state index >= 15 is 0 Å². The van der Waals surface area contributed by atoms with Gasteiger partial charge in [-0.25, -0.2) is 4.79 Å². The first-order chi connectivity index (χ1) is 13.0. The fourth-order valence-electron chi connectivity index (χ4n) is 2.73. The molecule has 0 atom stereocenters. The van der Waals surface area contributed by atoms with E-state index in [1.54, 1.807) is 26.4 Å². The average Bonchev–Trinajstić information content (AvgIpc) is 2.69. The molecule has 1 heterocycles. The second kappa shape index (κ2) is 8.18. The van der Waals surface area contributed by atoms with Crippen LogP contribution >= 0.6 is 12.6 Å². The van der Waals surface area contributed by atoms with Gasteiger partial charge < -0.3 is 9.47 Å². The quantitative estimate of drug-likeness (QED) is 0.524. The summed E-state index contributed by atoms with van der Waals surface area (Å²) in [5.74, 6) is 1.45. The van der Waals surface area contributed by atoms with Gasteiger partial charge in [-0.05, 0) is 35.4 Å².